The van der Waals surface area contributed by atoms with Gasteiger partial charge < -0.3 is 19.4 Å². The van der Waals surface area contributed by atoms with Crippen molar-refractivity contribution in [1.29, 1.82) is 0 Å². The van der Waals surface area contributed by atoms with Gasteiger partial charge in [-0.2, -0.15) is 0 Å². The van der Waals surface area contributed by atoms with E-state index in [0.717, 1.165) is 5.56 Å². The van der Waals surface area contributed by atoms with E-state index in [-0.39, 0.29) is 24.7 Å². The minimum absolute atomic E-state index is 0.0319. The zero-order valence-electron chi connectivity index (χ0n) is 17.7. The lowest BCUT2D eigenvalue weighted by Gasteiger charge is -2.09. The van der Waals surface area contributed by atoms with E-state index in [4.69, 9.17) is 9.47 Å². The Morgan fingerprint density at radius 2 is 1.68 bits per heavy atom. The molecule has 3 rings (SSSR count). The lowest BCUT2D eigenvalue weighted by Crippen LogP contribution is -2.33. The van der Waals surface area contributed by atoms with Crippen LogP contribution in [0.4, 0.5) is 0 Å². The van der Waals surface area contributed by atoms with Crippen LogP contribution >= 0.6 is 0 Å². The molecular weight excluding hydrogens is 396 g/mol. The Morgan fingerprint density at radius 3 is 2.39 bits per heavy atom. The third-order valence-electron chi connectivity index (χ3n) is 4.82. The summed E-state index contributed by atoms with van der Waals surface area (Å²) >= 11 is 0. The zero-order valence-corrected chi connectivity index (χ0v) is 17.7. The first-order chi connectivity index (χ1) is 14.9. The van der Waals surface area contributed by atoms with E-state index in [0.29, 0.717) is 28.5 Å². The van der Waals surface area contributed by atoms with Crippen LogP contribution in [0, 0.1) is 6.92 Å². The summed E-state index contributed by atoms with van der Waals surface area (Å²) in [4.78, 5) is 37.0. The summed E-state index contributed by atoms with van der Waals surface area (Å²) in [5.74, 6) is -0.160. The molecule has 0 aliphatic heterocycles. The zero-order chi connectivity index (χ0) is 22.4. The second kappa shape index (κ2) is 9.75. The van der Waals surface area contributed by atoms with Crippen LogP contribution in [0.1, 0.15) is 27.3 Å². The summed E-state index contributed by atoms with van der Waals surface area (Å²) in [6.45, 7) is 1.69. The molecule has 0 fully saturated rings. The normalized spacial score (nSPS) is 10.4. The molecule has 0 aliphatic carbocycles. The molecule has 0 unspecified atom stereocenters. The van der Waals surface area contributed by atoms with Crippen molar-refractivity contribution in [2.75, 3.05) is 13.7 Å². The average molecular weight is 420 g/mol. The Kier molecular flexibility index (Phi) is 6.87. The molecule has 160 valence electrons. The van der Waals surface area contributed by atoms with Crippen molar-refractivity contribution >= 4 is 17.7 Å². The number of carbonyl (C=O) groups excluding carboxylic acids is 3. The number of aromatic nitrogens is 1. The Morgan fingerprint density at radius 1 is 0.968 bits per heavy atom. The van der Waals surface area contributed by atoms with Crippen LogP contribution < -0.4 is 14.8 Å². The van der Waals surface area contributed by atoms with Crippen molar-refractivity contribution in [3.05, 3.63) is 83.2 Å². The third-order valence-corrected chi connectivity index (χ3v) is 4.82. The van der Waals surface area contributed by atoms with E-state index in [2.05, 4.69) is 5.32 Å². The van der Waals surface area contributed by atoms with Crippen molar-refractivity contribution in [3.8, 4) is 11.5 Å². The van der Waals surface area contributed by atoms with Gasteiger partial charge >= 0.3 is 5.97 Å². The van der Waals surface area contributed by atoms with E-state index < -0.39 is 5.97 Å². The molecule has 1 heterocycles. The van der Waals surface area contributed by atoms with Gasteiger partial charge in [0.1, 0.15) is 18.0 Å². The van der Waals surface area contributed by atoms with E-state index in [9.17, 15) is 14.4 Å². The minimum atomic E-state index is -0.594. The Labute approximate surface area is 180 Å². The molecule has 1 N–H and O–H groups in total. The third kappa shape index (κ3) is 5.60. The fraction of sp³-hybridized carbons (Fsp3) is 0.208. The monoisotopic (exact) mass is 420 g/mol. The van der Waals surface area contributed by atoms with Gasteiger partial charge in [-0.1, -0.05) is 35.9 Å². The summed E-state index contributed by atoms with van der Waals surface area (Å²) in [5.41, 5.74) is 2.81. The maximum absolute atomic E-state index is 12.7. The smallest absolute Gasteiger partial charge is 0.330 e. The van der Waals surface area contributed by atoms with Gasteiger partial charge in [0.15, 0.2) is 0 Å². The Hall–Kier alpha value is -3.87. The van der Waals surface area contributed by atoms with Gasteiger partial charge in [-0.05, 0) is 31.2 Å². The number of hydrogen-bond donors (Lipinski definition) is 1. The fourth-order valence-electron chi connectivity index (χ4n) is 3.04. The number of esters is 1. The molecule has 3 aromatic rings. The number of hydrogen-bond acceptors (Lipinski definition) is 5. The highest BCUT2D eigenvalue weighted by molar-refractivity contribution is 6.08. The molecule has 31 heavy (non-hydrogen) atoms. The predicted molar refractivity (Wildman–Crippen MR) is 115 cm³/mol. The molecule has 0 aliphatic rings. The first kappa shape index (κ1) is 21.8. The molecule has 2 aromatic carbocycles. The molecule has 1 aromatic heterocycles. The van der Waals surface area contributed by atoms with Crippen LogP contribution in [0.5, 0.6) is 11.5 Å². The largest absolute Gasteiger partial charge is 0.497 e. The highest BCUT2D eigenvalue weighted by Gasteiger charge is 2.17. The molecule has 0 spiro atoms. The highest BCUT2D eigenvalue weighted by Crippen LogP contribution is 2.19. The van der Waals surface area contributed by atoms with Crippen LogP contribution in [-0.2, 0) is 23.1 Å². The lowest BCUT2D eigenvalue weighted by atomic mass is 10.1. The number of benzene rings is 2. The first-order valence-corrected chi connectivity index (χ1v) is 9.75. The Bertz CT molecular complexity index is 1100. The number of amides is 1. The molecule has 7 nitrogen and oxygen atoms in total. The van der Waals surface area contributed by atoms with E-state index in [1.54, 1.807) is 60.1 Å². The quantitative estimate of drug-likeness (QED) is 0.344. The molecular formula is C24H24N2O5. The van der Waals surface area contributed by atoms with Crippen LogP contribution in [0.2, 0.25) is 0 Å². The maximum atomic E-state index is 12.7. The van der Waals surface area contributed by atoms with Gasteiger partial charge in [0.25, 0.3) is 0 Å². The van der Waals surface area contributed by atoms with Crippen molar-refractivity contribution in [1.82, 2.24) is 9.88 Å². The van der Waals surface area contributed by atoms with Crippen molar-refractivity contribution < 1.29 is 23.9 Å². The molecule has 0 saturated carbocycles. The van der Waals surface area contributed by atoms with Gasteiger partial charge in [0, 0.05) is 24.4 Å². The van der Waals surface area contributed by atoms with Crippen molar-refractivity contribution in [2.45, 2.75) is 13.3 Å². The maximum Gasteiger partial charge on any atom is 0.330 e. The number of carbonyl (C=O) groups is 3. The second-order valence-corrected chi connectivity index (χ2v) is 7.07. The number of nitrogens with zero attached hydrogens (tertiary/aromatic N) is 1. The summed E-state index contributed by atoms with van der Waals surface area (Å²) < 4.78 is 12.0. The Balaban J connectivity index is 1.55. The number of ketones is 1. The molecule has 0 radical (unpaired) electrons. The van der Waals surface area contributed by atoms with Crippen LogP contribution in [-0.4, -0.2) is 35.9 Å². The highest BCUT2D eigenvalue weighted by atomic mass is 16.5. The number of ether oxygens (including phenoxy) is 2. The van der Waals surface area contributed by atoms with Crippen LogP contribution in [0.15, 0.2) is 60.7 Å². The summed E-state index contributed by atoms with van der Waals surface area (Å²) in [6, 6.07) is 17.4. The number of methoxy groups -OCH3 is 1. The van der Waals surface area contributed by atoms with Crippen LogP contribution in [0.25, 0.3) is 0 Å². The molecule has 0 bridgehead atoms. The van der Waals surface area contributed by atoms with Crippen LogP contribution in [0.3, 0.4) is 0 Å². The van der Waals surface area contributed by atoms with Gasteiger partial charge in [-0.3, -0.25) is 9.59 Å². The first-order valence-electron chi connectivity index (χ1n) is 9.75. The summed E-state index contributed by atoms with van der Waals surface area (Å²) in [7, 11) is 3.26. The number of nitrogens with one attached hydrogen (secondary N) is 1. The average Bonchev–Trinajstić information content (AvgIpc) is 3.12. The van der Waals surface area contributed by atoms with Crippen molar-refractivity contribution in [3.63, 3.8) is 0 Å². The summed E-state index contributed by atoms with van der Waals surface area (Å²) in [5, 5.41) is 2.54. The minimum Gasteiger partial charge on any atom is -0.497 e. The number of rotatable bonds is 8. The molecule has 1 amide bonds. The van der Waals surface area contributed by atoms with E-state index >= 15 is 0 Å². The van der Waals surface area contributed by atoms with E-state index in [1.165, 1.54) is 7.11 Å². The summed E-state index contributed by atoms with van der Waals surface area (Å²) in [6.07, 6.45) is 0.0319. The molecule has 0 atom stereocenters. The van der Waals surface area contributed by atoms with Gasteiger partial charge in [0.2, 0.25) is 11.7 Å². The topological polar surface area (TPSA) is 86.6 Å². The number of aryl methyl sites for hydroxylation is 1. The van der Waals surface area contributed by atoms with Gasteiger partial charge in [-0.25, -0.2) is 4.79 Å². The fourth-order valence-corrected chi connectivity index (χ4v) is 3.04. The predicted octanol–water partition coefficient (Wildman–Crippen LogP) is 2.84. The van der Waals surface area contributed by atoms with Crippen molar-refractivity contribution in [2.24, 2.45) is 7.05 Å². The second-order valence-electron chi connectivity index (χ2n) is 7.07. The van der Waals surface area contributed by atoms with E-state index in [1.807, 2.05) is 19.1 Å². The lowest BCUT2D eigenvalue weighted by molar-refractivity contribution is -0.135. The molecule has 7 heteroatoms. The van der Waals surface area contributed by atoms with Gasteiger partial charge in [-0.15, -0.1) is 0 Å². The van der Waals surface area contributed by atoms with Gasteiger partial charge in [0.05, 0.1) is 19.2 Å². The standard InChI is InChI=1S/C24H24N2O5/c1-16-7-9-17(10-8-16)24(29)21-12-11-18(26(21)2)13-22(27)25-15-23(28)31-20-6-4-5-19(14-20)30-3/h4-12,14H,13,15H2,1-3H3,(H,25,27). The molecule has 0 saturated heterocycles. The SMILES string of the molecule is COc1cccc(OC(=O)CNC(=O)Cc2ccc(C(=O)c3ccc(C)cc3)n2C)c1.